The molecule has 0 aromatic rings. The third kappa shape index (κ3) is 8.84. The number of hydrogen-bond donors (Lipinski definition) is 0. The van der Waals surface area contributed by atoms with Crippen molar-refractivity contribution in [3.8, 4) is 0 Å². The van der Waals surface area contributed by atoms with E-state index in [1.54, 1.807) is 0 Å². The maximum Gasteiger partial charge on any atom is 0.180 e. The summed E-state index contributed by atoms with van der Waals surface area (Å²) in [5, 5.41) is 0. The molecule has 0 aliphatic heterocycles. The summed E-state index contributed by atoms with van der Waals surface area (Å²) in [6, 6.07) is 0. The maximum absolute atomic E-state index is 9.85. The van der Waals surface area contributed by atoms with Crippen LogP contribution >= 0.6 is 7.80 Å². The molecule has 3 heteroatoms. The first kappa shape index (κ1) is 9.92. The minimum Gasteiger partial charge on any atom is -0.113 e. The first-order valence-electron chi connectivity index (χ1n) is 1.52. The first-order valence-corrected chi connectivity index (χ1v) is 3.15. The third-order valence-corrected chi connectivity index (χ3v) is 1.06. The predicted molar refractivity (Wildman–Crippen MR) is 23.5 cm³/mol. The average molecular weight is 274 g/mol. The van der Waals surface area contributed by atoms with Crippen molar-refractivity contribution in [1.29, 1.82) is 0 Å². The molecular formula is C3H7OPW. The van der Waals surface area contributed by atoms with Gasteiger partial charge in [0.05, 0.1) is 0 Å². The molecule has 0 aromatic carbocycles. The van der Waals surface area contributed by atoms with Crippen LogP contribution in [0, 0.1) is 6.66 Å². The van der Waals surface area contributed by atoms with Crippen molar-refractivity contribution in [2.45, 2.75) is 6.92 Å². The van der Waals surface area contributed by atoms with Crippen LogP contribution in [0.5, 0.6) is 0 Å². The standard InChI is InChI=1S/C3H7OP.W/c1-3-5(2)4;/h2-3H2,1H3;. The molecule has 0 heterocycles. The maximum atomic E-state index is 9.85. The van der Waals surface area contributed by atoms with Crippen molar-refractivity contribution < 1.29 is 25.6 Å². The van der Waals surface area contributed by atoms with E-state index in [0.29, 0.717) is 6.16 Å². The SMILES string of the molecule is [CH2-][P+](=O)CC.[W]. The molecule has 0 fully saturated rings. The van der Waals surface area contributed by atoms with Gasteiger partial charge in [0.15, 0.2) is 7.80 Å². The molecule has 0 aliphatic rings. The van der Waals surface area contributed by atoms with E-state index in [-0.39, 0.29) is 21.1 Å². The van der Waals surface area contributed by atoms with Gasteiger partial charge < -0.3 is 0 Å². The van der Waals surface area contributed by atoms with Gasteiger partial charge in [-0.1, -0.05) is 6.66 Å². The fourth-order valence-electron chi connectivity index (χ4n) is 0. The summed E-state index contributed by atoms with van der Waals surface area (Å²) in [5.74, 6) is 0. The Morgan fingerprint density at radius 2 is 2.00 bits per heavy atom. The van der Waals surface area contributed by atoms with E-state index in [1.165, 1.54) is 0 Å². The Balaban J connectivity index is 0. The third-order valence-electron chi connectivity index (χ3n) is 0.353. The Bertz CT molecular complexity index is 46.1. The van der Waals surface area contributed by atoms with Gasteiger partial charge in [-0.3, -0.25) is 0 Å². The second-order valence-corrected chi connectivity index (χ2v) is 2.39. The van der Waals surface area contributed by atoms with Crippen LogP contribution in [0.25, 0.3) is 0 Å². The zero-order valence-electron chi connectivity index (χ0n) is 3.68. The van der Waals surface area contributed by atoms with Crippen LogP contribution in [0.4, 0.5) is 0 Å². The molecule has 0 amide bonds. The van der Waals surface area contributed by atoms with Crippen LogP contribution in [0.3, 0.4) is 0 Å². The normalized spacial score (nSPS) is 9.33. The van der Waals surface area contributed by atoms with E-state index in [2.05, 4.69) is 6.66 Å². The second kappa shape index (κ2) is 5.79. The summed E-state index contributed by atoms with van der Waals surface area (Å²) < 4.78 is 9.85. The first-order chi connectivity index (χ1) is 2.27. The minimum absolute atomic E-state index is 0. The molecule has 0 aromatic heterocycles. The van der Waals surface area contributed by atoms with Crippen molar-refractivity contribution in [3.05, 3.63) is 6.66 Å². The summed E-state index contributed by atoms with van der Waals surface area (Å²) in [6.45, 7) is 5.12. The molecule has 0 saturated carbocycles. The van der Waals surface area contributed by atoms with Crippen LogP contribution in [0.1, 0.15) is 6.92 Å². The van der Waals surface area contributed by atoms with Gasteiger partial charge >= 0.3 is 0 Å². The van der Waals surface area contributed by atoms with Crippen LogP contribution < -0.4 is 0 Å². The molecule has 0 rings (SSSR count). The average Bonchev–Trinajstić information content (AvgIpc) is 1.38. The van der Waals surface area contributed by atoms with Gasteiger partial charge in [-0.2, -0.15) is 0 Å². The quantitative estimate of drug-likeness (QED) is 0.524. The van der Waals surface area contributed by atoms with Crippen LogP contribution in [-0.4, -0.2) is 6.16 Å². The van der Waals surface area contributed by atoms with Gasteiger partial charge in [-0.05, 0) is 6.92 Å². The molecule has 0 saturated heterocycles. The van der Waals surface area contributed by atoms with E-state index in [0.717, 1.165) is 0 Å². The molecule has 0 spiro atoms. The summed E-state index contributed by atoms with van der Waals surface area (Å²) in [7, 11) is -1.10. The van der Waals surface area contributed by atoms with Gasteiger partial charge in [0.25, 0.3) is 0 Å². The van der Waals surface area contributed by atoms with E-state index in [9.17, 15) is 4.57 Å². The molecule has 1 nitrogen and oxygen atoms in total. The Labute approximate surface area is 53.6 Å². The van der Waals surface area contributed by atoms with Gasteiger partial charge in [-0.15, -0.1) is 4.57 Å². The zero-order chi connectivity index (χ0) is 4.28. The van der Waals surface area contributed by atoms with Crippen LogP contribution in [0.15, 0.2) is 0 Å². The molecule has 6 heavy (non-hydrogen) atoms. The molecule has 0 radical (unpaired) electrons. The molecule has 0 bridgehead atoms. The second-order valence-electron chi connectivity index (χ2n) is 0.798. The zero-order valence-corrected chi connectivity index (χ0v) is 7.51. The fourth-order valence-corrected chi connectivity index (χ4v) is 0. The molecule has 1 atom stereocenters. The van der Waals surface area contributed by atoms with E-state index >= 15 is 0 Å². The molecule has 0 N–H and O–H groups in total. The van der Waals surface area contributed by atoms with Gasteiger partial charge in [0.1, 0.15) is 6.16 Å². The van der Waals surface area contributed by atoms with Gasteiger partial charge in [-0.25, -0.2) is 0 Å². The number of hydrogen-bond acceptors (Lipinski definition) is 1. The molecule has 0 aliphatic carbocycles. The van der Waals surface area contributed by atoms with Crippen LogP contribution in [-0.2, 0) is 25.6 Å². The summed E-state index contributed by atoms with van der Waals surface area (Å²) in [4.78, 5) is 0. The topological polar surface area (TPSA) is 17.1 Å². The van der Waals surface area contributed by atoms with E-state index in [4.69, 9.17) is 0 Å². The van der Waals surface area contributed by atoms with Gasteiger partial charge in [0, 0.05) is 21.1 Å². The molecule has 1 unspecified atom stereocenters. The molecule has 36 valence electrons. The van der Waals surface area contributed by atoms with Gasteiger partial charge in [0.2, 0.25) is 0 Å². The summed E-state index contributed by atoms with van der Waals surface area (Å²) in [5.41, 5.74) is 0. The van der Waals surface area contributed by atoms with Crippen molar-refractivity contribution >= 4 is 7.80 Å². The fraction of sp³-hybridized carbons (Fsp3) is 0.667. The van der Waals surface area contributed by atoms with E-state index in [1.807, 2.05) is 6.92 Å². The summed E-state index contributed by atoms with van der Waals surface area (Å²) >= 11 is 0. The Morgan fingerprint density at radius 1 is 1.83 bits per heavy atom. The largest absolute Gasteiger partial charge is 0.180 e. The molecular weight excluding hydrogens is 267 g/mol. The van der Waals surface area contributed by atoms with Crippen molar-refractivity contribution in [3.63, 3.8) is 0 Å². The van der Waals surface area contributed by atoms with Crippen molar-refractivity contribution in [2.24, 2.45) is 0 Å². The van der Waals surface area contributed by atoms with Crippen molar-refractivity contribution in [2.75, 3.05) is 6.16 Å². The monoisotopic (exact) mass is 274 g/mol. The smallest absolute Gasteiger partial charge is 0.113 e. The number of rotatable bonds is 1. The summed E-state index contributed by atoms with van der Waals surface area (Å²) in [6.07, 6.45) is 0.704. The minimum atomic E-state index is -1.10. The van der Waals surface area contributed by atoms with Crippen LogP contribution in [0.2, 0.25) is 0 Å². The Kier molecular flexibility index (Phi) is 9.57. The predicted octanol–water partition coefficient (Wildman–Crippen LogP) is 1.62. The Morgan fingerprint density at radius 3 is 2.00 bits per heavy atom. The Hall–Kier alpha value is 0.788. The van der Waals surface area contributed by atoms with Crippen molar-refractivity contribution in [1.82, 2.24) is 0 Å². The van der Waals surface area contributed by atoms with E-state index < -0.39 is 7.80 Å².